The van der Waals surface area contributed by atoms with Gasteiger partial charge in [0, 0.05) is 5.39 Å². The first kappa shape index (κ1) is 11.6. The van der Waals surface area contributed by atoms with Crippen LogP contribution in [0.1, 0.15) is 0 Å². The molecule has 0 bridgehead atoms. The van der Waals surface area contributed by atoms with Gasteiger partial charge in [-0.1, -0.05) is 6.07 Å². The first-order valence-corrected chi connectivity index (χ1v) is 5.74. The molecule has 4 heteroatoms. The monoisotopic (exact) mass is 258 g/mol. The van der Waals surface area contributed by atoms with E-state index in [1.54, 1.807) is 30.3 Å². The normalized spacial score (nSPS) is 10.8. The Morgan fingerprint density at radius 3 is 2.79 bits per heavy atom. The molecule has 1 heterocycles. The molecule has 1 N–H and O–H groups in total. The smallest absolute Gasteiger partial charge is 0.168 e. The zero-order valence-electron chi connectivity index (χ0n) is 10.2. The van der Waals surface area contributed by atoms with Crippen molar-refractivity contribution in [3.8, 4) is 22.8 Å². The molecular formula is C15H11FO3. The van der Waals surface area contributed by atoms with Gasteiger partial charge in [-0.2, -0.15) is 0 Å². The summed E-state index contributed by atoms with van der Waals surface area (Å²) in [5.41, 5.74) is 1.08. The molecule has 1 aromatic heterocycles. The first-order valence-electron chi connectivity index (χ1n) is 5.74. The lowest BCUT2D eigenvalue weighted by Crippen LogP contribution is -1.85. The Hall–Kier alpha value is -2.49. The quantitative estimate of drug-likeness (QED) is 0.756. The molecule has 0 aliphatic rings. The van der Waals surface area contributed by atoms with Gasteiger partial charge in [-0.05, 0) is 36.4 Å². The molecule has 3 aromatic rings. The number of hydrogen-bond donors (Lipinski definition) is 1. The van der Waals surface area contributed by atoms with Gasteiger partial charge in [0.2, 0.25) is 0 Å². The maximum absolute atomic E-state index is 13.1. The van der Waals surface area contributed by atoms with Crippen molar-refractivity contribution >= 4 is 11.0 Å². The molecule has 96 valence electrons. The fraction of sp³-hybridized carbons (Fsp3) is 0.0667. The van der Waals surface area contributed by atoms with E-state index in [1.165, 1.54) is 19.2 Å². The van der Waals surface area contributed by atoms with Crippen LogP contribution in [0.15, 0.2) is 46.9 Å². The summed E-state index contributed by atoms with van der Waals surface area (Å²) in [6.07, 6.45) is 0. The van der Waals surface area contributed by atoms with Crippen LogP contribution in [0.25, 0.3) is 22.3 Å². The van der Waals surface area contributed by atoms with E-state index in [9.17, 15) is 9.50 Å². The fourth-order valence-electron chi connectivity index (χ4n) is 2.03. The average molecular weight is 258 g/mol. The van der Waals surface area contributed by atoms with Gasteiger partial charge in [0.05, 0.1) is 12.7 Å². The molecule has 19 heavy (non-hydrogen) atoms. The Kier molecular flexibility index (Phi) is 2.63. The predicted molar refractivity (Wildman–Crippen MR) is 69.8 cm³/mol. The Morgan fingerprint density at radius 1 is 1.16 bits per heavy atom. The minimum atomic E-state index is -0.324. The number of aromatic hydroxyl groups is 1. The molecule has 0 aliphatic heterocycles. The molecular weight excluding hydrogens is 247 g/mol. The van der Waals surface area contributed by atoms with Crippen LogP contribution in [-0.2, 0) is 0 Å². The number of ether oxygens (including phenoxy) is 1. The van der Waals surface area contributed by atoms with Gasteiger partial charge in [0.25, 0.3) is 0 Å². The number of methoxy groups -OCH3 is 1. The first-order chi connectivity index (χ1) is 9.19. The number of para-hydroxylation sites is 1. The van der Waals surface area contributed by atoms with Gasteiger partial charge in [-0.15, -0.1) is 0 Å². The van der Waals surface area contributed by atoms with Crippen molar-refractivity contribution in [3.05, 3.63) is 48.3 Å². The maximum Gasteiger partial charge on any atom is 0.168 e. The minimum Gasteiger partial charge on any atom is -0.504 e. The lowest BCUT2D eigenvalue weighted by Gasteiger charge is -2.06. The van der Waals surface area contributed by atoms with Crippen LogP contribution in [-0.4, -0.2) is 12.2 Å². The van der Waals surface area contributed by atoms with Crippen LogP contribution in [0, 0.1) is 5.82 Å². The molecule has 0 amide bonds. The van der Waals surface area contributed by atoms with Gasteiger partial charge >= 0.3 is 0 Å². The van der Waals surface area contributed by atoms with E-state index >= 15 is 0 Å². The van der Waals surface area contributed by atoms with E-state index in [0.717, 1.165) is 0 Å². The van der Waals surface area contributed by atoms with Crippen molar-refractivity contribution in [2.45, 2.75) is 0 Å². The number of fused-ring (bicyclic) bond motifs is 1. The highest BCUT2D eigenvalue weighted by molar-refractivity contribution is 5.84. The highest BCUT2D eigenvalue weighted by Crippen LogP contribution is 2.38. The number of rotatable bonds is 2. The molecule has 2 aromatic carbocycles. The zero-order valence-corrected chi connectivity index (χ0v) is 10.2. The van der Waals surface area contributed by atoms with Crippen molar-refractivity contribution in [1.82, 2.24) is 0 Å². The summed E-state index contributed by atoms with van der Waals surface area (Å²) < 4.78 is 23.8. The maximum atomic E-state index is 13.1. The summed E-state index contributed by atoms with van der Waals surface area (Å²) in [4.78, 5) is 0. The molecule has 0 atom stereocenters. The molecule has 0 saturated heterocycles. The van der Waals surface area contributed by atoms with Crippen LogP contribution in [0.3, 0.4) is 0 Å². The zero-order chi connectivity index (χ0) is 13.4. The largest absolute Gasteiger partial charge is 0.504 e. The third-order valence-electron chi connectivity index (χ3n) is 2.96. The van der Waals surface area contributed by atoms with Crippen molar-refractivity contribution in [2.24, 2.45) is 0 Å². The van der Waals surface area contributed by atoms with Gasteiger partial charge < -0.3 is 14.3 Å². The standard InChI is InChI=1S/C15H11FO3/c1-18-13-4-2-3-11(15(13)17)14-8-9-7-10(16)5-6-12(9)19-14/h2-8,17H,1H3. The summed E-state index contributed by atoms with van der Waals surface area (Å²) in [7, 11) is 1.48. The van der Waals surface area contributed by atoms with Crippen LogP contribution >= 0.6 is 0 Å². The SMILES string of the molecule is COc1cccc(-c2cc3cc(F)ccc3o2)c1O. The van der Waals surface area contributed by atoms with Gasteiger partial charge in [-0.3, -0.25) is 0 Å². The minimum absolute atomic E-state index is 0.00419. The van der Waals surface area contributed by atoms with E-state index < -0.39 is 0 Å². The lowest BCUT2D eigenvalue weighted by molar-refractivity contribution is 0.374. The Labute approximate surface area is 108 Å². The number of phenols is 1. The van der Waals surface area contributed by atoms with Gasteiger partial charge in [-0.25, -0.2) is 4.39 Å². The molecule has 3 rings (SSSR count). The third kappa shape index (κ3) is 1.91. The number of halogens is 1. The van der Waals surface area contributed by atoms with Crippen LogP contribution in [0.5, 0.6) is 11.5 Å². The molecule has 0 fully saturated rings. The second kappa shape index (κ2) is 4.31. The Bertz CT molecular complexity index is 746. The summed E-state index contributed by atoms with van der Waals surface area (Å²) in [5, 5.41) is 10.7. The number of benzene rings is 2. The predicted octanol–water partition coefficient (Wildman–Crippen LogP) is 3.95. The summed E-state index contributed by atoms with van der Waals surface area (Å²) in [6.45, 7) is 0. The molecule has 0 aliphatic carbocycles. The van der Waals surface area contributed by atoms with E-state index in [4.69, 9.17) is 9.15 Å². The van der Waals surface area contributed by atoms with Crippen LogP contribution < -0.4 is 4.74 Å². The van der Waals surface area contributed by atoms with Gasteiger partial charge in [0.15, 0.2) is 11.5 Å². The molecule has 0 radical (unpaired) electrons. The second-order valence-corrected chi connectivity index (χ2v) is 4.15. The number of hydrogen-bond acceptors (Lipinski definition) is 3. The van der Waals surface area contributed by atoms with E-state index in [2.05, 4.69) is 0 Å². The van der Waals surface area contributed by atoms with Crippen LogP contribution in [0.4, 0.5) is 4.39 Å². The van der Waals surface area contributed by atoms with Crippen molar-refractivity contribution in [2.75, 3.05) is 7.11 Å². The topological polar surface area (TPSA) is 42.6 Å². The third-order valence-corrected chi connectivity index (χ3v) is 2.96. The second-order valence-electron chi connectivity index (χ2n) is 4.15. The highest BCUT2D eigenvalue weighted by atomic mass is 19.1. The van der Waals surface area contributed by atoms with Crippen molar-refractivity contribution in [3.63, 3.8) is 0 Å². The van der Waals surface area contributed by atoms with E-state index in [1.807, 2.05) is 0 Å². The summed E-state index contributed by atoms with van der Waals surface area (Å²) >= 11 is 0. The average Bonchev–Trinajstić information content (AvgIpc) is 2.81. The number of furan rings is 1. The Balaban J connectivity index is 2.19. The lowest BCUT2D eigenvalue weighted by atomic mass is 10.1. The number of phenolic OH excluding ortho intramolecular Hbond substituents is 1. The van der Waals surface area contributed by atoms with Crippen molar-refractivity contribution < 1.29 is 18.7 Å². The van der Waals surface area contributed by atoms with Crippen molar-refractivity contribution in [1.29, 1.82) is 0 Å². The highest BCUT2D eigenvalue weighted by Gasteiger charge is 2.13. The summed E-state index contributed by atoms with van der Waals surface area (Å²) in [6, 6.07) is 11.1. The molecule has 3 nitrogen and oxygen atoms in total. The summed E-state index contributed by atoms with van der Waals surface area (Å²) in [5.74, 6) is 0.514. The van der Waals surface area contributed by atoms with Gasteiger partial charge in [0.1, 0.15) is 17.2 Å². The van der Waals surface area contributed by atoms with E-state index in [0.29, 0.717) is 28.0 Å². The van der Waals surface area contributed by atoms with E-state index in [-0.39, 0.29) is 11.6 Å². The fourth-order valence-corrected chi connectivity index (χ4v) is 2.03. The molecule has 0 spiro atoms. The Morgan fingerprint density at radius 2 is 2.00 bits per heavy atom. The van der Waals surface area contributed by atoms with Crippen LogP contribution in [0.2, 0.25) is 0 Å². The molecule has 0 unspecified atom stereocenters. The molecule has 0 saturated carbocycles.